The third-order valence-electron chi connectivity index (χ3n) is 4.64. The van der Waals surface area contributed by atoms with Crippen molar-refractivity contribution in [3.05, 3.63) is 35.7 Å². The SMILES string of the molecule is CC1CCN(c2cnc(Sc3ccc4nn(C)cc4c3Cl)cn2)CC1. The van der Waals surface area contributed by atoms with Crippen LogP contribution in [0.15, 0.2) is 40.6 Å². The minimum atomic E-state index is 0.714. The molecule has 2 aromatic heterocycles. The van der Waals surface area contributed by atoms with E-state index in [0.717, 1.165) is 45.6 Å². The summed E-state index contributed by atoms with van der Waals surface area (Å²) in [4.78, 5) is 12.5. The van der Waals surface area contributed by atoms with E-state index in [-0.39, 0.29) is 0 Å². The summed E-state index contributed by atoms with van der Waals surface area (Å²) in [6.45, 7) is 4.43. The maximum absolute atomic E-state index is 6.54. The van der Waals surface area contributed by atoms with Gasteiger partial charge in [0.25, 0.3) is 0 Å². The van der Waals surface area contributed by atoms with E-state index in [4.69, 9.17) is 11.6 Å². The van der Waals surface area contributed by atoms with Crippen LogP contribution in [-0.2, 0) is 7.05 Å². The van der Waals surface area contributed by atoms with Gasteiger partial charge in [-0.05, 0) is 30.9 Å². The number of hydrogen-bond donors (Lipinski definition) is 0. The molecule has 0 aliphatic carbocycles. The molecule has 0 N–H and O–H groups in total. The summed E-state index contributed by atoms with van der Waals surface area (Å²) in [5.41, 5.74) is 0.901. The van der Waals surface area contributed by atoms with Crippen molar-refractivity contribution in [2.24, 2.45) is 13.0 Å². The number of halogens is 1. The molecule has 0 atom stereocenters. The number of hydrogen-bond acceptors (Lipinski definition) is 5. The second kappa shape index (κ2) is 6.84. The standard InChI is InChI=1S/C18H20ClN5S/c1-12-5-7-24(8-6-12)16-9-21-17(10-20-16)25-15-4-3-14-13(18(15)19)11-23(2)22-14/h3-4,9-12H,5-8H2,1-2H3. The Morgan fingerprint density at radius 3 is 2.68 bits per heavy atom. The number of aromatic nitrogens is 4. The molecule has 0 spiro atoms. The molecule has 1 aliphatic rings. The van der Waals surface area contributed by atoms with Crippen molar-refractivity contribution in [2.45, 2.75) is 29.7 Å². The number of anilines is 1. The molecule has 0 amide bonds. The lowest BCUT2D eigenvalue weighted by Crippen LogP contribution is -2.33. The fourth-order valence-electron chi connectivity index (χ4n) is 3.11. The van der Waals surface area contributed by atoms with Gasteiger partial charge in [-0.1, -0.05) is 30.3 Å². The molecule has 1 saturated heterocycles. The minimum absolute atomic E-state index is 0.714. The molecule has 3 heterocycles. The van der Waals surface area contributed by atoms with Gasteiger partial charge in [-0.3, -0.25) is 4.68 Å². The van der Waals surface area contributed by atoms with Gasteiger partial charge in [-0.2, -0.15) is 5.10 Å². The number of fused-ring (bicyclic) bond motifs is 1. The van der Waals surface area contributed by atoms with E-state index in [1.165, 1.54) is 24.6 Å². The lowest BCUT2D eigenvalue weighted by Gasteiger charge is -2.30. The molecule has 1 aliphatic heterocycles. The van der Waals surface area contributed by atoms with Crippen molar-refractivity contribution in [1.29, 1.82) is 0 Å². The van der Waals surface area contributed by atoms with E-state index in [1.54, 1.807) is 4.68 Å². The van der Waals surface area contributed by atoms with Crippen LogP contribution in [-0.4, -0.2) is 32.8 Å². The first kappa shape index (κ1) is 16.7. The summed E-state index contributed by atoms with van der Waals surface area (Å²) < 4.78 is 1.78. The van der Waals surface area contributed by atoms with E-state index in [9.17, 15) is 0 Å². The Kier molecular flexibility index (Phi) is 4.56. The molecule has 0 radical (unpaired) electrons. The maximum atomic E-state index is 6.54. The Morgan fingerprint density at radius 1 is 1.16 bits per heavy atom. The van der Waals surface area contributed by atoms with Crippen LogP contribution < -0.4 is 4.90 Å². The van der Waals surface area contributed by atoms with E-state index >= 15 is 0 Å². The highest BCUT2D eigenvalue weighted by Gasteiger charge is 2.17. The van der Waals surface area contributed by atoms with E-state index in [2.05, 4.69) is 26.9 Å². The first-order valence-corrected chi connectivity index (χ1v) is 9.66. The Morgan fingerprint density at radius 2 is 1.96 bits per heavy atom. The van der Waals surface area contributed by atoms with Gasteiger partial charge in [-0.15, -0.1) is 0 Å². The number of piperidine rings is 1. The Balaban J connectivity index is 1.52. The summed E-state index contributed by atoms with van der Waals surface area (Å²) in [5, 5.41) is 6.90. The predicted octanol–water partition coefficient (Wildman–Crippen LogP) is 4.40. The molecule has 0 saturated carbocycles. The van der Waals surface area contributed by atoms with E-state index in [0.29, 0.717) is 5.02 Å². The van der Waals surface area contributed by atoms with Gasteiger partial charge < -0.3 is 4.90 Å². The molecule has 1 fully saturated rings. The number of aryl methyl sites for hydroxylation is 1. The summed E-state index contributed by atoms with van der Waals surface area (Å²) in [6, 6.07) is 3.98. The topological polar surface area (TPSA) is 46.8 Å². The Hall–Kier alpha value is -1.79. The smallest absolute Gasteiger partial charge is 0.147 e. The van der Waals surface area contributed by atoms with Crippen LogP contribution in [0.5, 0.6) is 0 Å². The zero-order valence-electron chi connectivity index (χ0n) is 14.3. The Bertz CT molecular complexity index is 884. The number of rotatable bonds is 3. The van der Waals surface area contributed by atoms with Crippen LogP contribution in [0.4, 0.5) is 5.82 Å². The van der Waals surface area contributed by atoms with Crippen molar-refractivity contribution in [1.82, 2.24) is 19.7 Å². The fraction of sp³-hybridized carbons (Fsp3) is 0.389. The van der Waals surface area contributed by atoms with Crippen LogP contribution in [0.1, 0.15) is 19.8 Å². The van der Waals surface area contributed by atoms with E-state index < -0.39 is 0 Å². The maximum Gasteiger partial charge on any atom is 0.147 e. The van der Waals surface area contributed by atoms with Gasteiger partial charge in [0.05, 0.1) is 22.9 Å². The Labute approximate surface area is 156 Å². The molecule has 0 bridgehead atoms. The molecular weight excluding hydrogens is 354 g/mol. The second-order valence-corrected chi connectivity index (χ2v) is 8.04. The second-order valence-electron chi connectivity index (χ2n) is 6.60. The molecule has 25 heavy (non-hydrogen) atoms. The zero-order chi connectivity index (χ0) is 17.4. The quantitative estimate of drug-likeness (QED) is 0.680. The molecule has 130 valence electrons. The lowest BCUT2D eigenvalue weighted by molar-refractivity contribution is 0.436. The first-order chi connectivity index (χ1) is 12.1. The average molecular weight is 374 g/mol. The highest BCUT2D eigenvalue weighted by Crippen LogP contribution is 2.36. The van der Waals surface area contributed by atoms with Gasteiger partial charge in [0.1, 0.15) is 10.8 Å². The summed E-state index contributed by atoms with van der Waals surface area (Å²) >= 11 is 8.07. The fourth-order valence-corrected chi connectivity index (χ4v) is 4.21. The zero-order valence-corrected chi connectivity index (χ0v) is 15.9. The third-order valence-corrected chi connectivity index (χ3v) is 6.14. The van der Waals surface area contributed by atoms with Crippen molar-refractivity contribution >= 4 is 40.1 Å². The normalized spacial score (nSPS) is 15.9. The number of benzene rings is 1. The lowest BCUT2D eigenvalue weighted by atomic mass is 9.99. The molecule has 0 unspecified atom stereocenters. The average Bonchev–Trinajstić information content (AvgIpc) is 3.00. The predicted molar refractivity (Wildman–Crippen MR) is 102 cm³/mol. The molecular formula is C18H20ClN5S. The highest BCUT2D eigenvalue weighted by atomic mass is 35.5. The minimum Gasteiger partial charge on any atom is -0.355 e. The summed E-state index contributed by atoms with van der Waals surface area (Å²) in [6.07, 6.45) is 8.09. The number of nitrogens with zero attached hydrogens (tertiary/aromatic N) is 5. The molecule has 4 rings (SSSR count). The van der Waals surface area contributed by atoms with Crippen molar-refractivity contribution in [3.8, 4) is 0 Å². The van der Waals surface area contributed by atoms with Crippen molar-refractivity contribution < 1.29 is 0 Å². The van der Waals surface area contributed by atoms with Crippen LogP contribution in [0.2, 0.25) is 5.02 Å². The highest BCUT2D eigenvalue weighted by molar-refractivity contribution is 7.99. The van der Waals surface area contributed by atoms with Gasteiger partial charge in [-0.25, -0.2) is 9.97 Å². The van der Waals surface area contributed by atoms with E-state index in [1.807, 2.05) is 37.8 Å². The van der Waals surface area contributed by atoms with Crippen LogP contribution in [0.25, 0.3) is 10.9 Å². The van der Waals surface area contributed by atoms with Gasteiger partial charge >= 0.3 is 0 Å². The monoisotopic (exact) mass is 373 g/mol. The molecule has 1 aromatic carbocycles. The van der Waals surface area contributed by atoms with Crippen LogP contribution in [0.3, 0.4) is 0 Å². The molecule has 7 heteroatoms. The first-order valence-electron chi connectivity index (χ1n) is 8.47. The van der Waals surface area contributed by atoms with Gasteiger partial charge in [0.2, 0.25) is 0 Å². The van der Waals surface area contributed by atoms with Gasteiger partial charge in [0.15, 0.2) is 0 Å². The van der Waals surface area contributed by atoms with Crippen LogP contribution >= 0.6 is 23.4 Å². The summed E-state index contributed by atoms with van der Waals surface area (Å²) in [5.74, 6) is 1.77. The third kappa shape index (κ3) is 3.46. The van der Waals surface area contributed by atoms with Gasteiger partial charge in [0, 0.05) is 36.6 Å². The molecule has 3 aromatic rings. The van der Waals surface area contributed by atoms with Crippen molar-refractivity contribution in [3.63, 3.8) is 0 Å². The largest absolute Gasteiger partial charge is 0.355 e. The summed E-state index contributed by atoms with van der Waals surface area (Å²) in [7, 11) is 1.90. The van der Waals surface area contributed by atoms with Crippen LogP contribution in [0, 0.1) is 5.92 Å². The van der Waals surface area contributed by atoms with Crippen molar-refractivity contribution in [2.75, 3.05) is 18.0 Å². The molecule has 5 nitrogen and oxygen atoms in total.